The van der Waals surface area contributed by atoms with Gasteiger partial charge in [-0.2, -0.15) is 0 Å². The molecule has 2 N–H and O–H groups in total. The van der Waals surface area contributed by atoms with Crippen LogP contribution in [0.2, 0.25) is 0 Å². The van der Waals surface area contributed by atoms with E-state index in [1.807, 2.05) is 0 Å². The Morgan fingerprint density at radius 3 is 2.28 bits per heavy atom. The summed E-state index contributed by atoms with van der Waals surface area (Å²) in [6, 6.07) is 12.0. The molecule has 2 amide bonds. The van der Waals surface area contributed by atoms with Gasteiger partial charge in [0.15, 0.2) is 11.5 Å². The van der Waals surface area contributed by atoms with Crippen molar-refractivity contribution in [2.75, 3.05) is 20.8 Å². The minimum absolute atomic E-state index is 0.408. The number of nitrogens with one attached hydrogen (secondary N) is 2. The van der Waals surface area contributed by atoms with E-state index in [1.54, 1.807) is 55.7 Å². The average Bonchev–Trinajstić information content (AvgIpc) is 2.74. The molecule has 0 atom stereocenters. The highest BCUT2D eigenvalue weighted by Crippen LogP contribution is 2.27. The molecule has 0 spiro atoms. The van der Waals surface area contributed by atoms with Crippen molar-refractivity contribution in [1.82, 2.24) is 10.9 Å². The molecule has 0 saturated heterocycles. The van der Waals surface area contributed by atoms with E-state index < -0.39 is 11.8 Å². The monoisotopic (exact) mass is 398 g/mol. The highest BCUT2D eigenvalue weighted by molar-refractivity contribution is 5.98. The SMILES string of the molecule is COc1ccc(/C=C/C(=O)NNC(=O)c2ccc(OCC(C)C)cc2)cc1OC. The zero-order chi connectivity index (χ0) is 21.2. The predicted molar refractivity (Wildman–Crippen MR) is 111 cm³/mol. The zero-order valence-corrected chi connectivity index (χ0v) is 17.0. The lowest BCUT2D eigenvalue weighted by atomic mass is 10.2. The Balaban J connectivity index is 1.86. The van der Waals surface area contributed by atoms with Gasteiger partial charge in [0.1, 0.15) is 5.75 Å². The van der Waals surface area contributed by atoms with Gasteiger partial charge in [-0.25, -0.2) is 0 Å². The van der Waals surface area contributed by atoms with Crippen LogP contribution in [0.15, 0.2) is 48.5 Å². The molecule has 2 aromatic carbocycles. The molecule has 29 heavy (non-hydrogen) atoms. The van der Waals surface area contributed by atoms with Crippen LogP contribution in [0.25, 0.3) is 6.08 Å². The van der Waals surface area contributed by atoms with Crippen LogP contribution in [0.1, 0.15) is 29.8 Å². The number of methoxy groups -OCH3 is 2. The highest BCUT2D eigenvalue weighted by atomic mass is 16.5. The van der Waals surface area contributed by atoms with Gasteiger partial charge in [-0.05, 0) is 54.0 Å². The van der Waals surface area contributed by atoms with Crippen LogP contribution < -0.4 is 25.1 Å². The summed E-state index contributed by atoms with van der Waals surface area (Å²) >= 11 is 0. The zero-order valence-electron chi connectivity index (χ0n) is 17.0. The Bertz CT molecular complexity index is 860. The molecule has 0 aromatic heterocycles. The van der Waals surface area contributed by atoms with Gasteiger partial charge in [0.05, 0.1) is 20.8 Å². The van der Waals surface area contributed by atoms with Crippen molar-refractivity contribution >= 4 is 17.9 Å². The quantitative estimate of drug-likeness (QED) is 0.527. The lowest BCUT2D eigenvalue weighted by molar-refractivity contribution is -0.117. The first kappa shape index (κ1) is 21.8. The Kier molecular flexibility index (Phi) is 8.09. The van der Waals surface area contributed by atoms with Gasteiger partial charge in [-0.3, -0.25) is 20.4 Å². The van der Waals surface area contributed by atoms with Gasteiger partial charge >= 0.3 is 0 Å². The van der Waals surface area contributed by atoms with Crippen LogP contribution in [0.5, 0.6) is 17.2 Å². The van der Waals surface area contributed by atoms with E-state index in [-0.39, 0.29) is 0 Å². The third-order valence-electron chi connectivity index (χ3n) is 3.83. The molecule has 154 valence electrons. The lowest BCUT2D eigenvalue weighted by Gasteiger charge is -2.09. The van der Waals surface area contributed by atoms with E-state index in [2.05, 4.69) is 24.7 Å². The summed E-state index contributed by atoms with van der Waals surface area (Å²) in [5.41, 5.74) is 5.87. The summed E-state index contributed by atoms with van der Waals surface area (Å²) in [6.07, 6.45) is 2.91. The Labute approximate surface area is 170 Å². The molecule has 0 heterocycles. The second-order valence-corrected chi connectivity index (χ2v) is 6.62. The van der Waals surface area contributed by atoms with Crippen molar-refractivity contribution in [2.24, 2.45) is 5.92 Å². The van der Waals surface area contributed by atoms with Crippen LogP contribution >= 0.6 is 0 Å². The van der Waals surface area contributed by atoms with Crippen molar-refractivity contribution in [3.63, 3.8) is 0 Å². The number of rotatable bonds is 8. The third kappa shape index (κ3) is 6.88. The van der Waals surface area contributed by atoms with Gasteiger partial charge in [0.25, 0.3) is 11.8 Å². The maximum atomic E-state index is 12.1. The van der Waals surface area contributed by atoms with Crippen LogP contribution in [-0.4, -0.2) is 32.6 Å². The first-order valence-corrected chi connectivity index (χ1v) is 9.16. The van der Waals surface area contributed by atoms with Gasteiger partial charge < -0.3 is 14.2 Å². The molecule has 0 unspecified atom stereocenters. The van der Waals surface area contributed by atoms with Crippen LogP contribution in [0, 0.1) is 5.92 Å². The Morgan fingerprint density at radius 1 is 0.966 bits per heavy atom. The topological polar surface area (TPSA) is 85.9 Å². The number of benzene rings is 2. The van der Waals surface area contributed by atoms with E-state index in [4.69, 9.17) is 14.2 Å². The molecule has 2 rings (SSSR count). The molecule has 0 fully saturated rings. The highest BCUT2D eigenvalue weighted by Gasteiger charge is 2.07. The van der Waals surface area contributed by atoms with Crippen molar-refractivity contribution in [3.8, 4) is 17.2 Å². The fraction of sp³-hybridized carbons (Fsp3) is 0.273. The molecule has 2 aromatic rings. The molecule has 0 bridgehead atoms. The average molecular weight is 398 g/mol. The number of carbonyl (C=O) groups is 2. The molecule has 0 aliphatic heterocycles. The Hall–Kier alpha value is -3.48. The van der Waals surface area contributed by atoms with Gasteiger partial charge in [-0.1, -0.05) is 19.9 Å². The number of amides is 2. The van der Waals surface area contributed by atoms with E-state index >= 15 is 0 Å². The first-order valence-electron chi connectivity index (χ1n) is 9.16. The summed E-state index contributed by atoms with van der Waals surface area (Å²) in [4.78, 5) is 24.1. The van der Waals surface area contributed by atoms with Gasteiger partial charge in [-0.15, -0.1) is 0 Å². The molecular weight excluding hydrogens is 372 g/mol. The number of hydrogen-bond donors (Lipinski definition) is 2. The lowest BCUT2D eigenvalue weighted by Crippen LogP contribution is -2.40. The molecule has 0 saturated carbocycles. The van der Waals surface area contributed by atoms with Crippen LogP contribution in [0.4, 0.5) is 0 Å². The fourth-order valence-electron chi connectivity index (χ4n) is 2.33. The van der Waals surface area contributed by atoms with E-state index in [9.17, 15) is 9.59 Å². The minimum atomic E-state index is -0.468. The maximum Gasteiger partial charge on any atom is 0.269 e. The summed E-state index contributed by atoms with van der Waals surface area (Å²) in [5, 5.41) is 0. The largest absolute Gasteiger partial charge is 0.493 e. The first-order chi connectivity index (χ1) is 13.9. The maximum absolute atomic E-state index is 12.1. The number of hydrazine groups is 1. The van der Waals surface area contributed by atoms with Crippen molar-refractivity contribution in [3.05, 3.63) is 59.7 Å². The normalized spacial score (nSPS) is 10.7. The summed E-state index contributed by atoms with van der Waals surface area (Å²) in [5.74, 6) is 1.38. The standard InChI is InChI=1S/C22H26N2O5/c1-15(2)14-29-18-9-7-17(8-10-18)22(26)24-23-21(25)12-6-16-5-11-19(27-3)20(13-16)28-4/h5-13,15H,14H2,1-4H3,(H,23,25)(H,24,26)/b12-6+. The molecule has 0 aliphatic carbocycles. The second kappa shape index (κ2) is 10.8. The molecule has 0 radical (unpaired) electrons. The molecular formula is C22H26N2O5. The summed E-state index contributed by atoms with van der Waals surface area (Å²) < 4.78 is 16.0. The van der Waals surface area contributed by atoms with Crippen LogP contribution in [-0.2, 0) is 4.79 Å². The predicted octanol–water partition coefficient (Wildman–Crippen LogP) is 3.21. The smallest absolute Gasteiger partial charge is 0.269 e. The Morgan fingerprint density at radius 2 is 1.66 bits per heavy atom. The summed E-state index contributed by atoms with van der Waals surface area (Å²) in [7, 11) is 3.09. The molecule has 7 nitrogen and oxygen atoms in total. The number of hydrogen-bond acceptors (Lipinski definition) is 5. The minimum Gasteiger partial charge on any atom is -0.493 e. The third-order valence-corrected chi connectivity index (χ3v) is 3.83. The van der Waals surface area contributed by atoms with Crippen LogP contribution in [0.3, 0.4) is 0 Å². The van der Waals surface area contributed by atoms with Gasteiger partial charge in [0.2, 0.25) is 0 Å². The summed E-state index contributed by atoms with van der Waals surface area (Å²) in [6.45, 7) is 4.72. The van der Waals surface area contributed by atoms with Gasteiger partial charge in [0, 0.05) is 11.6 Å². The van der Waals surface area contributed by atoms with Crippen molar-refractivity contribution in [1.29, 1.82) is 0 Å². The van der Waals surface area contributed by atoms with E-state index in [0.29, 0.717) is 35.3 Å². The molecule has 0 aliphatic rings. The number of carbonyl (C=O) groups excluding carboxylic acids is 2. The second-order valence-electron chi connectivity index (χ2n) is 6.62. The fourth-order valence-corrected chi connectivity index (χ4v) is 2.33. The van der Waals surface area contributed by atoms with E-state index in [0.717, 1.165) is 5.56 Å². The number of ether oxygens (including phenoxy) is 3. The van der Waals surface area contributed by atoms with Crippen molar-refractivity contribution < 1.29 is 23.8 Å². The van der Waals surface area contributed by atoms with E-state index in [1.165, 1.54) is 13.2 Å². The van der Waals surface area contributed by atoms with Crippen molar-refractivity contribution in [2.45, 2.75) is 13.8 Å². The molecule has 7 heteroatoms.